The summed E-state index contributed by atoms with van der Waals surface area (Å²) in [5, 5.41) is 38.9. The molecule has 1 aliphatic heterocycles. The minimum atomic E-state index is -2.74. The lowest BCUT2D eigenvalue weighted by Gasteiger charge is -2.50. The molecule has 0 saturated carbocycles. The number of rotatable bonds is 10. The van der Waals surface area contributed by atoms with Crippen LogP contribution in [0.4, 0.5) is 0 Å². The molecular weight excluding hydrogens is 540 g/mol. The van der Waals surface area contributed by atoms with Gasteiger partial charge in [-0.3, -0.25) is 24.5 Å². The van der Waals surface area contributed by atoms with Gasteiger partial charge in [-0.05, 0) is 75.9 Å². The van der Waals surface area contributed by atoms with Gasteiger partial charge in [0, 0.05) is 54.2 Å². The van der Waals surface area contributed by atoms with Gasteiger partial charge in [0.25, 0.3) is 0 Å². The molecule has 11 nitrogen and oxygen atoms in total. The van der Waals surface area contributed by atoms with E-state index in [1.165, 1.54) is 16.5 Å². The summed E-state index contributed by atoms with van der Waals surface area (Å²) in [6, 6.07) is 15.5. The molecule has 3 heterocycles. The normalized spacial score (nSPS) is 16.4. The van der Waals surface area contributed by atoms with Crippen LogP contribution in [0.3, 0.4) is 0 Å². The van der Waals surface area contributed by atoms with Crippen molar-refractivity contribution in [2.24, 2.45) is 0 Å². The van der Waals surface area contributed by atoms with E-state index >= 15 is 0 Å². The fourth-order valence-electron chi connectivity index (χ4n) is 5.80. The van der Waals surface area contributed by atoms with Crippen LogP contribution in [-0.4, -0.2) is 75.9 Å². The zero-order valence-corrected chi connectivity index (χ0v) is 24.4. The first-order chi connectivity index (χ1) is 19.6. The van der Waals surface area contributed by atoms with E-state index in [1.54, 1.807) is 0 Å². The van der Waals surface area contributed by atoms with Crippen molar-refractivity contribution in [1.82, 2.24) is 20.2 Å². The van der Waals surface area contributed by atoms with Crippen molar-refractivity contribution in [3.05, 3.63) is 72.2 Å². The van der Waals surface area contributed by atoms with E-state index in [-0.39, 0.29) is 11.1 Å². The first kappa shape index (κ1) is 32.6. The fraction of sp³-hybridized carbons (Fsp3) is 0.452. The number of aliphatic carboxylic acids is 3. The summed E-state index contributed by atoms with van der Waals surface area (Å²) in [7, 11) is 0. The number of piperidine rings is 1. The van der Waals surface area contributed by atoms with Crippen molar-refractivity contribution in [1.29, 1.82) is 0 Å². The molecule has 0 aliphatic carbocycles. The van der Waals surface area contributed by atoms with E-state index in [1.807, 2.05) is 24.7 Å². The number of benzene rings is 1. The minimum Gasteiger partial charge on any atom is -0.481 e. The average Bonchev–Trinajstić information content (AvgIpc) is 2.87. The summed E-state index contributed by atoms with van der Waals surface area (Å²) in [5.74, 6) is -5.02. The lowest BCUT2D eigenvalue weighted by atomic mass is 9.78. The number of aliphatic hydroxyl groups is 1. The smallest absolute Gasteiger partial charge is 0.336 e. The third kappa shape index (κ3) is 9.30. The van der Waals surface area contributed by atoms with Crippen LogP contribution in [0.2, 0.25) is 0 Å². The maximum Gasteiger partial charge on any atom is 0.336 e. The predicted octanol–water partition coefficient (Wildman–Crippen LogP) is 3.69. The number of aromatic nitrogens is 2. The van der Waals surface area contributed by atoms with Gasteiger partial charge in [-0.1, -0.05) is 18.2 Å². The molecule has 1 saturated heterocycles. The highest BCUT2D eigenvalue weighted by Crippen LogP contribution is 2.33. The number of carbonyl (C=O) groups is 3. The molecule has 2 aromatic heterocycles. The Balaban J connectivity index is 0.000000316. The highest BCUT2D eigenvalue weighted by molar-refractivity contribution is 5.88. The molecule has 42 heavy (non-hydrogen) atoms. The molecule has 1 aliphatic rings. The van der Waals surface area contributed by atoms with Crippen molar-refractivity contribution in [2.45, 2.75) is 89.2 Å². The molecule has 1 fully saturated rings. The molecule has 3 aromatic rings. The van der Waals surface area contributed by atoms with Crippen molar-refractivity contribution >= 4 is 28.8 Å². The number of carboxylic acids is 3. The molecule has 4 rings (SSSR count). The molecule has 0 unspecified atom stereocenters. The van der Waals surface area contributed by atoms with Gasteiger partial charge >= 0.3 is 17.9 Å². The number of carboxylic acid groups (broad SMARTS) is 3. The van der Waals surface area contributed by atoms with Crippen molar-refractivity contribution < 1.29 is 34.8 Å². The van der Waals surface area contributed by atoms with Crippen LogP contribution in [0.5, 0.6) is 0 Å². The second-order valence-corrected chi connectivity index (χ2v) is 12.2. The Hall–Kier alpha value is -3.93. The SMILES string of the molecule is CC1(C)CC(N(Cc2ccncc2)Cc2cccc3ncccc23)CC(C)(C)N1.O=C(O)CC(O)(CC(=O)O)C(=O)O. The fourth-order valence-corrected chi connectivity index (χ4v) is 5.80. The first-order valence-corrected chi connectivity index (χ1v) is 13.7. The van der Waals surface area contributed by atoms with Crippen LogP contribution < -0.4 is 5.32 Å². The Morgan fingerprint density at radius 1 is 0.881 bits per heavy atom. The van der Waals surface area contributed by atoms with Gasteiger partial charge in [-0.15, -0.1) is 0 Å². The molecule has 0 atom stereocenters. The summed E-state index contributed by atoms with van der Waals surface area (Å²) in [6.07, 6.45) is 5.63. The number of nitrogens with one attached hydrogen (secondary N) is 1. The van der Waals surface area contributed by atoms with E-state index in [0.717, 1.165) is 31.4 Å². The summed E-state index contributed by atoms with van der Waals surface area (Å²) >= 11 is 0. The van der Waals surface area contributed by atoms with E-state index in [9.17, 15) is 14.4 Å². The molecule has 0 radical (unpaired) electrons. The number of hydrogen-bond donors (Lipinski definition) is 5. The van der Waals surface area contributed by atoms with Gasteiger partial charge in [0.2, 0.25) is 0 Å². The summed E-state index contributed by atoms with van der Waals surface area (Å²) in [4.78, 5) is 41.9. The van der Waals surface area contributed by atoms with Crippen LogP contribution in [-0.2, 0) is 27.5 Å². The van der Waals surface area contributed by atoms with E-state index in [4.69, 9.17) is 20.4 Å². The highest BCUT2D eigenvalue weighted by Gasteiger charge is 2.41. The van der Waals surface area contributed by atoms with Crippen molar-refractivity contribution in [3.8, 4) is 0 Å². The van der Waals surface area contributed by atoms with Crippen LogP contribution in [0.25, 0.3) is 10.9 Å². The second-order valence-electron chi connectivity index (χ2n) is 12.2. The van der Waals surface area contributed by atoms with Gasteiger partial charge < -0.3 is 25.7 Å². The maximum absolute atomic E-state index is 10.3. The molecule has 0 bridgehead atoms. The quantitative estimate of drug-likeness (QED) is 0.237. The minimum absolute atomic E-state index is 0.114. The zero-order chi connectivity index (χ0) is 31.1. The molecule has 5 N–H and O–H groups in total. The van der Waals surface area contributed by atoms with Crippen LogP contribution in [0, 0.1) is 0 Å². The largest absolute Gasteiger partial charge is 0.481 e. The Labute approximate surface area is 245 Å². The number of hydrogen-bond acceptors (Lipinski definition) is 8. The zero-order valence-electron chi connectivity index (χ0n) is 24.4. The number of nitrogens with zero attached hydrogens (tertiary/aromatic N) is 3. The average molecular weight is 581 g/mol. The summed E-state index contributed by atoms with van der Waals surface area (Å²) in [6.45, 7) is 11.2. The lowest BCUT2D eigenvalue weighted by molar-refractivity contribution is -0.170. The van der Waals surface area contributed by atoms with Gasteiger partial charge in [0.1, 0.15) is 0 Å². The Bertz CT molecular complexity index is 1360. The summed E-state index contributed by atoms with van der Waals surface area (Å²) in [5.41, 5.74) is 1.22. The van der Waals surface area contributed by atoms with Gasteiger partial charge in [0.05, 0.1) is 18.4 Å². The summed E-state index contributed by atoms with van der Waals surface area (Å²) < 4.78 is 0. The Morgan fingerprint density at radius 3 is 2.02 bits per heavy atom. The van der Waals surface area contributed by atoms with Gasteiger partial charge in [-0.2, -0.15) is 0 Å². The number of pyridine rings is 2. The lowest BCUT2D eigenvalue weighted by Crippen LogP contribution is -2.62. The number of fused-ring (bicyclic) bond motifs is 1. The van der Waals surface area contributed by atoms with E-state index in [2.05, 4.69) is 84.3 Å². The van der Waals surface area contributed by atoms with Crippen LogP contribution >= 0.6 is 0 Å². The highest BCUT2D eigenvalue weighted by atomic mass is 16.4. The molecule has 226 valence electrons. The topological polar surface area (TPSA) is 173 Å². The van der Waals surface area contributed by atoms with Crippen molar-refractivity contribution in [3.63, 3.8) is 0 Å². The second kappa shape index (κ2) is 13.4. The Kier molecular flexibility index (Phi) is 10.4. The van der Waals surface area contributed by atoms with Crippen molar-refractivity contribution in [2.75, 3.05) is 0 Å². The van der Waals surface area contributed by atoms with Gasteiger partial charge in [-0.25, -0.2) is 4.79 Å². The molecule has 11 heteroatoms. The van der Waals surface area contributed by atoms with Crippen LogP contribution in [0.1, 0.15) is 64.5 Å². The predicted molar refractivity (Wildman–Crippen MR) is 157 cm³/mol. The van der Waals surface area contributed by atoms with E-state index < -0.39 is 36.4 Å². The monoisotopic (exact) mass is 580 g/mol. The Morgan fingerprint density at radius 2 is 1.48 bits per heavy atom. The first-order valence-electron chi connectivity index (χ1n) is 13.7. The maximum atomic E-state index is 10.3. The third-order valence-corrected chi connectivity index (χ3v) is 7.21. The molecule has 0 spiro atoms. The van der Waals surface area contributed by atoms with E-state index in [0.29, 0.717) is 6.04 Å². The third-order valence-electron chi connectivity index (χ3n) is 7.21. The molecular formula is C31H40N4O7. The molecule has 0 amide bonds. The molecule has 1 aromatic carbocycles. The van der Waals surface area contributed by atoms with Gasteiger partial charge in [0.15, 0.2) is 5.60 Å². The van der Waals surface area contributed by atoms with Crippen LogP contribution in [0.15, 0.2) is 61.1 Å². The standard InChI is InChI=1S/C25H32N4.C6H8O7/c1-24(2)15-21(16-25(3,4)28-24)29(17-19-10-13-26-14-11-19)18-20-7-5-9-23-22(20)8-6-12-27-23;7-3(8)1-6(13,5(11)12)2-4(9)10/h5-14,21,28H,15-18H2,1-4H3;13H,1-2H2,(H,7,8)(H,9,10)(H,11,12).